The quantitative estimate of drug-likeness (QED) is 0.516. The van der Waals surface area contributed by atoms with Crippen molar-refractivity contribution >= 4 is 34.6 Å². The molecule has 10 nitrogen and oxygen atoms in total. The highest BCUT2D eigenvalue weighted by Crippen LogP contribution is 2.26. The lowest BCUT2D eigenvalue weighted by molar-refractivity contribution is -0.122. The molecule has 11 heteroatoms. The summed E-state index contributed by atoms with van der Waals surface area (Å²) in [5.74, 6) is 0.236. The number of anilines is 1. The van der Waals surface area contributed by atoms with Crippen molar-refractivity contribution in [2.45, 2.75) is 63.7 Å². The van der Waals surface area contributed by atoms with Crippen molar-refractivity contribution in [3.63, 3.8) is 0 Å². The largest absolute Gasteiger partial charge is 0.352 e. The van der Waals surface area contributed by atoms with E-state index in [9.17, 15) is 14.4 Å². The molecule has 1 amide bonds. The van der Waals surface area contributed by atoms with Crippen molar-refractivity contribution in [1.29, 1.82) is 0 Å². The zero-order valence-corrected chi connectivity index (χ0v) is 21.2. The maximum atomic E-state index is 13.8. The maximum absolute atomic E-state index is 13.8. The predicted octanol–water partition coefficient (Wildman–Crippen LogP) is 1.58. The number of aryl methyl sites for hydroxylation is 1. The number of nitrogens with two attached hydrogens (primary N) is 1. The van der Waals surface area contributed by atoms with Gasteiger partial charge in [-0.15, -0.1) is 0 Å². The molecule has 1 saturated carbocycles. The minimum Gasteiger partial charge on any atom is -0.352 e. The van der Waals surface area contributed by atoms with Crippen LogP contribution in [0, 0.1) is 0 Å². The molecule has 2 fully saturated rings. The zero-order valence-electron chi connectivity index (χ0n) is 20.5. The number of nitrogens with zero attached hydrogens (tertiary/aromatic N) is 5. The van der Waals surface area contributed by atoms with Crippen LogP contribution in [-0.2, 0) is 24.9 Å². The highest BCUT2D eigenvalue weighted by Gasteiger charge is 2.27. The molecule has 3 N–H and O–H groups in total. The Balaban J connectivity index is 1.63. The highest BCUT2D eigenvalue weighted by molar-refractivity contribution is 6.31. The monoisotopic (exact) mass is 513 g/mol. The second kappa shape index (κ2) is 10.1. The summed E-state index contributed by atoms with van der Waals surface area (Å²) >= 11 is 6.47. The summed E-state index contributed by atoms with van der Waals surface area (Å²) in [6.45, 7) is 1.29. The molecule has 0 bridgehead atoms. The Morgan fingerprint density at radius 1 is 1.14 bits per heavy atom. The predicted molar refractivity (Wildman–Crippen MR) is 140 cm³/mol. The summed E-state index contributed by atoms with van der Waals surface area (Å²) in [6.07, 6.45) is 5.81. The summed E-state index contributed by atoms with van der Waals surface area (Å²) in [7, 11) is 1.58. The second-order valence-corrected chi connectivity index (χ2v) is 10.3. The number of nitrogens with one attached hydrogen (secondary N) is 1. The molecule has 1 aromatic carbocycles. The van der Waals surface area contributed by atoms with E-state index in [0.717, 1.165) is 55.2 Å². The van der Waals surface area contributed by atoms with E-state index in [4.69, 9.17) is 22.3 Å². The smallest absolute Gasteiger partial charge is 0.332 e. The molecular weight excluding hydrogens is 482 g/mol. The van der Waals surface area contributed by atoms with Crippen LogP contribution in [0.5, 0.6) is 0 Å². The van der Waals surface area contributed by atoms with E-state index in [1.54, 1.807) is 13.1 Å². The van der Waals surface area contributed by atoms with Gasteiger partial charge in [0, 0.05) is 37.2 Å². The average Bonchev–Trinajstić information content (AvgIpc) is 3.50. The first-order valence-electron chi connectivity index (χ1n) is 12.6. The Bertz CT molecular complexity index is 1400. The van der Waals surface area contributed by atoms with Gasteiger partial charge in [-0.05, 0) is 37.3 Å². The number of fused-ring (bicyclic) bond motifs is 1. The summed E-state index contributed by atoms with van der Waals surface area (Å²) in [5.41, 5.74) is 6.50. The number of rotatable bonds is 6. The molecular formula is C25H32ClN7O3. The van der Waals surface area contributed by atoms with Gasteiger partial charge < -0.3 is 16.0 Å². The number of halogens is 1. The lowest BCUT2D eigenvalue weighted by Crippen LogP contribution is -2.45. The van der Waals surface area contributed by atoms with Crippen LogP contribution in [0.2, 0.25) is 5.02 Å². The molecule has 36 heavy (non-hydrogen) atoms. The number of hydrogen-bond donors (Lipinski definition) is 2. The number of benzene rings is 1. The van der Waals surface area contributed by atoms with Gasteiger partial charge in [-0.3, -0.25) is 18.7 Å². The van der Waals surface area contributed by atoms with Crippen LogP contribution in [0.3, 0.4) is 0 Å². The number of carbonyl (C=O) groups excluding carboxylic acids is 1. The van der Waals surface area contributed by atoms with Gasteiger partial charge in [-0.1, -0.05) is 42.6 Å². The lowest BCUT2D eigenvalue weighted by Gasteiger charge is -2.32. The van der Waals surface area contributed by atoms with E-state index in [1.165, 1.54) is 4.57 Å². The van der Waals surface area contributed by atoms with E-state index >= 15 is 0 Å². The minimum atomic E-state index is -0.571. The molecule has 1 saturated heterocycles. The summed E-state index contributed by atoms with van der Waals surface area (Å²) < 4.78 is 4.15. The molecule has 1 atom stereocenters. The number of imidazole rings is 1. The average molecular weight is 514 g/mol. The van der Waals surface area contributed by atoms with Gasteiger partial charge in [0.15, 0.2) is 11.2 Å². The third-order valence-electron chi connectivity index (χ3n) is 7.26. The van der Waals surface area contributed by atoms with Gasteiger partial charge >= 0.3 is 5.69 Å². The first kappa shape index (κ1) is 24.6. The molecule has 1 aliphatic carbocycles. The van der Waals surface area contributed by atoms with Gasteiger partial charge in [-0.25, -0.2) is 9.36 Å². The molecule has 0 spiro atoms. The van der Waals surface area contributed by atoms with Gasteiger partial charge in [-0.2, -0.15) is 4.98 Å². The molecule has 192 valence electrons. The third-order valence-corrected chi connectivity index (χ3v) is 7.63. The first-order chi connectivity index (χ1) is 17.3. The van der Waals surface area contributed by atoms with Crippen LogP contribution < -0.4 is 27.2 Å². The van der Waals surface area contributed by atoms with Crippen molar-refractivity contribution in [3.8, 4) is 0 Å². The SMILES string of the molecule is Cn1c(=O)n(CC(=O)NC2CCCC2)c(=O)c2c1nc(N1CCCC(N)C1)n2Cc1ccccc1Cl. The number of aromatic nitrogens is 4. The number of carbonyl (C=O) groups is 1. The Morgan fingerprint density at radius 2 is 1.89 bits per heavy atom. The minimum absolute atomic E-state index is 0.00733. The summed E-state index contributed by atoms with van der Waals surface area (Å²) in [6, 6.07) is 7.53. The van der Waals surface area contributed by atoms with E-state index in [-0.39, 0.29) is 35.7 Å². The van der Waals surface area contributed by atoms with Gasteiger partial charge in [0.2, 0.25) is 11.9 Å². The van der Waals surface area contributed by atoms with Crippen LogP contribution in [0.4, 0.5) is 5.95 Å². The molecule has 0 radical (unpaired) electrons. The number of piperidine rings is 1. The fourth-order valence-corrected chi connectivity index (χ4v) is 5.56. The zero-order chi connectivity index (χ0) is 25.4. The van der Waals surface area contributed by atoms with E-state index in [0.29, 0.717) is 24.1 Å². The van der Waals surface area contributed by atoms with Gasteiger partial charge in [0.25, 0.3) is 5.56 Å². The standard InChI is InChI=1S/C25H32ClN7O3/c1-30-22-21(23(35)33(25(30)36)15-20(34)28-18-9-3-4-10-18)32(13-16-7-2-5-11-19(16)26)24(29-22)31-12-6-8-17(27)14-31/h2,5,7,11,17-18H,3-4,6,8-10,12-15,27H2,1H3,(H,28,34). The lowest BCUT2D eigenvalue weighted by atomic mass is 10.1. The van der Waals surface area contributed by atoms with Crippen molar-refractivity contribution < 1.29 is 4.79 Å². The molecule has 5 rings (SSSR count). The van der Waals surface area contributed by atoms with Crippen LogP contribution >= 0.6 is 11.6 Å². The Labute approximate surface area is 213 Å². The molecule has 1 aliphatic heterocycles. The van der Waals surface area contributed by atoms with Gasteiger partial charge in [0.05, 0.1) is 6.54 Å². The van der Waals surface area contributed by atoms with Crippen molar-refractivity contribution in [2.75, 3.05) is 18.0 Å². The van der Waals surface area contributed by atoms with Crippen LogP contribution in [0.25, 0.3) is 11.2 Å². The first-order valence-corrected chi connectivity index (χ1v) is 12.9. The van der Waals surface area contributed by atoms with E-state index < -0.39 is 11.2 Å². The Kier molecular flexibility index (Phi) is 6.90. The third kappa shape index (κ3) is 4.67. The van der Waals surface area contributed by atoms with Crippen LogP contribution in [-0.4, -0.2) is 49.8 Å². The van der Waals surface area contributed by atoms with Gasteiger partial charge in [0.1, 0.15) is 6.54 Å². The summed E-state index contributed by atoms with van der Waals surface area (Å²) in [4.78, 5) is 46.5. The fourth-order valence-electron chi connectivity index (χ4n) is 5.37. The molecule has 2 aromatic heterocycles. The van der Waals surface area contributed by atoms with Crippen molar-refractivity contribution in [3.05, 3.63) is 55.7 Å². The van der Waals surface area contributed by atoms with Crippen molar-refractivity contribution in [2.24, 2.45) is 12.8 Å². The van der Waals surface area contributed by atoms with Crippen molar-refractivity contribution in [1.82, 2.24) is 24.0 Å². The molecule has 3 heterocycles. The maximum Gasteiger partial charge on any atom is 0.332 e. The molecule has 1 unspecified atom stereocenters. The number of amides is 1. The Morgan fingerprint density at radius 3 is 2.61 bits per heavy atom. The fraction of sp³-hybridized carbons (Fsp3) is 0.520. The van der Waals surface area contributed by atoms with Crippen LogP contribution in [0.1, 0.15) is 44.1 Å². The van der Waals surface area contributed by atoms with E-state index in [1.807, 2.05) is 22.8 Å². The second-order valence-electron chi connectivity index (χ2n) is 9.89. The van der Waals surface area contributed by atoms with Crippen LogP contribution in [0.15, 0.2) is 33.9 Å². The molecule has 2 aliphatic rings. The highest BCUT2D eigenvalue weighted by atomic mass is 35.5. The molecule has 3 aromatic rings. The van der Waals surface area contributed by atoms with E-state index in [2.05, 4.69) is 10.2 Å². The number of hydrogen-bond acceptors (Lipinski definition) is 6. The Hall–Kier alpha value is -3.11. The normalized spacial score (nSPS) is 18.8. The summed E-state index contributed by atoms with van der Waals surface area (Å²) in [5, 5.41) is 3.54. The topological polar surface area (TPSA) is 120 Å².